The minimum atomic E-state index is -0.815. The fourth-order valence-corrected chi connectivity index (χ4v) is 2.64. The number of benzene rings is 1. The molecule has 0 bridgehead atoms. The van der Waals surface area contributed by atoms with E-state index in [1.54, 1.807) is 0 Å². The third-order valence-electron chi connectivity index (χ3n) is 3.52. The molecule has 6 nitrogen and oxygen atoms in total. The number of ether oxygens (including phenoxy) is 2. The number of amides is 1. The maximum absolute atomic E-state index is 10.8. The average Bonchev–Trinajstić information content (AvgIpc) is 2.67. The molecule has 0 saturated carbocycles. The lowest BCUT2D eigenvalue weighted by Crippen LogP contribution is -2.34. The molecule has 2 unspecified atom stereocenters. The van der Waals surface area contributed by atoms with Gasteiger partial charge in [0.1, 0.15) is 25.1 Å². The Hall–Kier alpha value is -1.73. The van der Waals surface area contributed by atoms with Gasteiger partial charge in [-0.05, 0) is 31.0 Å². The van der Waals surface area contributed by atoms with Crippen LogP contribution in [0.5, 0.6) is 5.75 Å². The Kier molecular flexibility index (Phi) is 3.31. The molecule has 3 rings (SSSR count). The highest BCUT2D eigenvalue weighted by Crippen LogP contribution is 2.33. The molecule has 0 aliphatic carbocycles. The molecule has 1 aromatic rings. The quantitative estimate of drug-likeness (QED) is 0.803. The minimum Gasteiger partial charge on any atom is -0.491 e. The second-order valence-electron chi connectivity index (χ2n) is 5.05. The third kappa shape index (κ3) is 2.23. The van der Waals surface area contributed by atoms with Crippen LogP contribution in [-0.4, -0.2) is 32.5 Å². The summed E-state index contributed by atoms with van der Waals surface area (Å²) in [5.41, 5.74) is 7.92. The van der Waals surface area contributed by atoms with E-state index in [1.807, 2.05) is 26.0 Å². The van der Waals surface area contributed by atoms with Crippen molar-refractivity contribution in [1.29, 1.82) is 0 Å². The Morgan fingerprint density at radius 2 is 2.30 bits per heavy atom. The van der Waals surface area contributed by atoms with Crippen LogP contribution < -0.4 is 15.9 Å². The Bertz CT molecular complexity index is 550. The van der Waals surface area contributed by atoms with Crippen molar-refractivity contribution in [2.24, 2.45) is 5.73 Å². The second-order valence-corrected chi connectivity index (χ2v) is 5.05. The molecule has 0 spiro atoms. The van der Waals surface area contributed by atoms with E-state index in [1.165, 1.54) is 0 Å². The molecule has 0 saturated heterocycles. The van der Waals surface area contributed by atoms with Crippen LogP contribution in [0.1, 0.15) is 24.2 Å². The zero-order valence-corrected chi connectivity index (χ0v) is 11.4. The first kappa shape index (κ1) is 13.3. The summed E-state index contributed by atoms with van der Waals surface area (Å²) in [7, 11) is -0.487. The van der Waals surface area contributed by atoms with E-state index in [0.717, 1.165) is 22.3 Å². The highest BCUT2D eigenvalue weighted by atomic mass is 16.6. The maximum Gasteiger partial charge on any atom is 0.498 e. The van der Waals surface area contributed by atoms with E-state index < -0.39 is 13.2 Å². The van der Waals surface area contributed by atoms with Gasteiger partial charge >= 0.3 is 13.2 Å². The van der Waals surface area contributed by atoms with Crippen LogP contribution in [0.2, 0.25) is 0 Å². The lowest BCUT2D eigenvalue weighted by molar-refractivity contribution is 0.0602. The van der Waals surface area contributed by atoms with Crippen LogP contribution in [0.4, 0.5) is 4.79 Å². The summed E-state index contributed by atoms with van der Waals surface area (Å²) in [5.74, 6) is 0.765. The SMILES string of the molecule is Cc1ccc2c3c1C(COC(N)=O)OB3OC(C)CO2. The fraction of sp³-hybridized carbons (Fsp3) is 0.462. The number of aryl methyl sites for hydroxylation is 1. The molecule has 2 aliphatic heterocycles. The Morgan fingerprint density at radius 3 is 3.05 bits per heavy atom. The smallest absolute Gasteiger partial charge is 0.491 e. The normalized spacial score (nSPS) is 23.8. The fourth-order valence-electron chi connectivity index (χ4n) is 2.64. The first-order valence-electron chi connectivity index (χ1n) is 6.55. The molecule has 1 amide bonds. The van der Waals surface area contributed by atoms with Crippen LogP contribution >= 0.6 is 0 Å². The number of rotatable bonds is 2. The van der Waals surface area contributed by atoms with Gasteiger partial charge in [-0.2, -0.15) is 0 Å². The lowest BCUT2D eigenvalue weighted by Gasteiger charge is -2.17. The monoisotopic (exact) mass is 277 g/mol. The number of hydrogen-bond acceptors (Lipinski definition) is 5. The number of primary amides is 1. The molecule has 1 aromatic carbocycles. The number of carbonyl (C=O) groups is 1. The van der Waals surface area contributed by atoms with Gasteiger partial charge in [0, 0.05) is 5.46 Å². The van der Waals surface area contributed by atoms with E-state index in [2.05, 4.69) is 0 Å². The molecular formula is C13H16BNO5. The maximum atomic E-state index is 10.8. The van der Waals surface area contributed by atoms with Crippen LogP contribution in [0.25, 0.3) is 0 Å². The zero-order chi connectivity index (χ0) is 14.3. The van der Waals surface area contributed by atoms with Crippen molar-refractivity contribution in [2.75, 3.05) is 13.2 Å². The van der Waals surface area contributed by atoms with Crippen molar-refractivity contribution >= 4 is 18.7 Å². The van der Waals surface area contributed by atoms with Crippen molar-refractivity contribution in [3.8, 4) is 5.75 Å². The molecule has 0 fully saturated rings. The van der Waals surface area contributed by atoms with E-state index >= 15 is 0 Å². The Labute approximate surface area is 117 Å². The summed E-state index contributed by atoms with van der Waals surface area (Å²) in [6, 6.07) is 3.89. The van der Waals surface area contributed by atoms with Crippen molar-refractivity contribution in [3.63, 3.8) is 0 Å². The molecule has 0 aromatic heterocycles. The van der Waals surface area contributed by atoms with Crippen molar-refractivity contribution in [2.45, 2.75) is 26.1 Å². The molecular weight excluding hydrogens is 261 g/mol. The lowest BCUT2D eigenvalue weighted by atomic mass is 9.76. The molecule has 2 N–H and O–H groups in total. The van der Waals surface area contributed by atoms with Gasteiger partial charge in [0.2, 0.25) is 0 Å². The molecule has 106 valence electrons. The summed E-state index contributed by atoms with van der Waals surface area (Å²) in [6.07, 6.45) is -1.27. The Morgan fingerprint density at radius 1 is 1.50 bits per heavy atom. The summed E-state index contributed by atoms with van der Waals surface area (Å²) >= 11 is 0. The van der Waals surface area contributed by atoms with Crippen LogP contribution in [0, 0.1) is 6.92 Å². The minimum absolute atomic E-state index is 0.0703. The molecule has 2 aliphatic rings. The van der Waals surface area contributed by atoms with Gasteiger partial charge in [0.25, 0.3) is 0 Å². The van der Waals surface area contributed by atoms with Gasteiger partial charge in [0.15, 0.2) is 0 Å². The molecule has 2 atom stereocenters. The van der Waals surface area contributed by atoms with Crippen molar-refractivity contribution in [3.05, 3.63) is 23.3 Å². The van der Waals surface area contributed by atoms with Gasteiger partial charge in [-0.25, -0.2) is 4.79 Å². The summed E-state index contributed by atoms with van der Waals surface area (Å²) < 4.78 is 22.3. The predicted octanol–water partition coefficient (Wildman–Crippen LogP) is 0.654. The average molecular weight is 277 g/mol. The van der Waals surface area contributed by atoms with Gasteiger partial charge in [-0.1, -0.05) is 6.07 Å². The van der Waals surface area contributed by atoms with Crippen LogP contribution in [-0.2, 0) is 14.0 Å². The molecule has 2 heterocycles. The van der Waals surface area contributed by atoms with Crippen molar-refractivity contribution in [1.82, 2.24) is 0 Å². The second kappa shape index (κ2) is 4.99. The van der Waals surface area contributed by atoms with Crippen molar-refractivity contribution < 1.29 is 23.6 Å². The highest BCUT2D eigenvalue weighted by Gasteiger charge is 2.44. The van der Waals surface area contributed by atoms with E-state index in [-0.39, 0.29) is 18.8 Å². The van der Waals surface area contributed by atoms with Crippen LogP contribution in [0.15, 0.2) is 12.1 Å². The highest BCUT2D eigenvalue weighted by molar-refractivity contribution is 6.64. The largest absolute Gasteiger partial charge is 0.498 e. The van der Waals surface area contributed by atoms with Gasteiger partial charge in [-0.15, -0.1) is 0 Å². The van der Waals surface area contributed by atoms with Gasteiger partial charge in [0.05, 0.1) is 6.10 Å². The molecule has 20 heavy (non-hydrogen) atoms. The molecule has 0 radical (unpaired) electrons. The standard InChI is InChI=1S/C13H16BNO5/c1-7-3-4-9-12-11(7)10(6-18-13(15)16)20-14(12)19-8(2)5-17-9/h3-4,8,10H,5-6H2,1-2H3,(H2,15,16). The topological polar surface area (TPSA) is 80.0 Å². The van der Waals surface area contributed by atoms with E-state index in [4.69, 9.17) is 24.5 Å². The van der Waals surface area contributed by atoms with Crippen LogP contribution in [0.3, 0.4) is 0 Å². The predicted molar refractivity (Wildman–Crippen MR) is 72.0 cm³/mol. The van der Waals surface area contributed by atoms with Gasteiger partial charge in [-0.3, -0.25) is 0 Å². The first-order valence-corrected chi connectivity index (χ1v) is 6.55. The Balaban J connectivity index is 1.97. The van der Waals surface area contributed by atoms with Gasteiger partial charge < -0.3 is 24.5 Å². The summed E-state index contributed by atoms with van der Waals surface area (Å²) in [6.45, 7) is 4.46. The number of carbonyl (C=O) groups excluding carboxylic acids is 1. The third-order valence-corrected chi connectivity index (χ3v) is 3.52. The summed E-state index contributed by atoms with van der Waals surface area (Å²) in [5, 5.41) is 0. The first-order chi connectivity index (χ1) is 9.56. The number of nitrogens with two attached hydrogens (primary N) is 1. The zero-order valence-electron chi connectivity index (χ0n) is 11.4. The van der Waals surface area contributed by atoms with E-state index in [9.17, 15) is 4.79 Å². The summed E-state index contributed by atoms with van der Waals surface area (Å²) in [4.78, 5) is 10.8. The van der Waals surface area contributed by atoms with E-state index in [0.29, 0.717) is 6.61 Å². The molecule has 7 heteroatoms. The number of hydrogen-bond donors (Lipinski definition) is 1.